The van der Waals surface area contributed by atoms with Crippen LogP contribution in [0.4, 0.5) is 10.1 Å². The molecule has 0 aliphatic carbocycles. The number of halogens is 1. The number of methoxy groups -OCH3 is 1. The molecule has 2 aromatic heterocycles. The number of benzene rings is 2. The zero-order valence-corrected chi connectivity index (χ0v) is 19.1. The summed E-state index contributed by atoms with van der Waals surface area (Å²) >= 11 is 2.52. The third-order valence-electron chi connectivity index (χ3n) is 4.85. The molecular weight excluding hydrogens is 449 g/mol. The largest absolute Gasteiger partial charge is 0.496 e. The van der Waals surface area contributed by atoms with Gasteiger partial charge in [0, 0.05) is 11.3 Å². The Bertz CT molecular complexity index is 1350. The lowest BCUT2D eigenvalue weighted by molar-refractivity contribution is -0.113. The van der Waals surface area contributed by atoms with E-state index in [-0.39, 0.29) is 29.6 Å². The van der Waals surface area contributed by atoms with E-state index in [2.05, 4.69) is 10.3 Å². The molecule has 32 heavy (non-hydrogen) atoms. The molecule has 164 valence electrons. The van der Waals surface area contributed by atoms with Gasteiger partial charge in [-0.15, -0.1) is 11.3 Å². The summed E-state index contributed by atoms with van der Waals surface area (Å²) in [5.41, 5.74) is 2.46. The average molecular weight is 470 g/mol. The van der Waals surface area contributed by atoms with Crippen LogP contribution < -0.4 is 15.6 Å². The van der Waals surface area contributed by atoms with Crippen LogP contribution in [0, 0.1) is 12.7 Å². The number of aryl methyl sites for hydroxylation is 1. The van der Waals surface area contributed by atoms with Crippen LogP contribution >= 0.6 is 23.1 Å². The molecule has 0 saturated carbocycles. The van der Waals surface area contributed by atoms with E-state index < -0.39 is 0 Å². The standard InChI is InChI=1S/C23H20FN3O3S2/c1-14-11-16(24)7-8-17(14)25-20(28)13-32-23-26-18-9-10-31-21(18)22(29)27(23)12-15-5-3-4-6-19(15)30-2/h3-11H,12-13H2,1-2H3,(H,25,28). The van der Waals surface area contributed by atoms with Gasteiger partial charge in [-0.2, -0.15) is 0 Å². The third-order valence-corrected chi connectivity index (χ3v) is 6.71. The number of aromatic nitrogens is 2. The summed E-state index contributed by atoms with van der Waals surface area (Å²) in [4.78, 5) is 30.3. The molecule has 0 unspecified atom stereocenters. The van der Waals surface area contributed by atoms with Gasteiger partial charge in [0.25, 0.3) is 5.56 Å². The van der Waals surface area contributed by atoms with Crippen molar-refractivity contribution in [2.75, 3.05) is 18.2 Å². The normalized spacial score (nSPS) is 11.0. The van der Waals surface area contributed by atoms with Gasteiger partial charge in [0.1, 0.15) is 16.3 Å². The van der Waals surface area contributed by atoms with Gasteiger partial charge < -0.3 is 10.1 Å². The number of carbonyl (C=O) groups is 1. The highest BCUT2D eigenvalue weighted by molar-refractivity contribution is 7.99. The Morgan fingerprint density at radius 1 is 1.25 bits per heavy atom. The molecule has 0 radical (unpaired) electrons. The number of hydrogen-bond acceptors (Lipinski definition) is 6. The number of carbonyl (C=O) groups excluding carboxylic acids is 1. The maximum Gasteiger partial charge on any atom is 0.272 e. The number of rotatable bonds is 7. The van der Waals surface area contributed by atoms with Crippen molar-refractivity contribution in [1.82, 2.24) is 9.55 Å². The van der Waals surface area contributed by atoms with E-state index in [4.69, 9.17) is 4.74 Å². The molecule has 4 aromatic rings. The lowest BCUT2D eigenvalue weighted by Crippen LogP contribution is -2.24. The van der Waals surface area contributed by atoms with Crippen molar-refractivity contribution in [1.29, 1.82) is 0 Å². The van der Waals surface area contributed by atoms with E-state index in [0.29, 0.717) is 32.4 Å². The van der Waals surface area contributed by atoms with Crippen molar-refractivity contribution in [3.63, 3.8) is 0 Å². The van der Waals surface area contributed by atoms with Crippen LogP contribution in [0.5, 0.6) is 5.75 Å². The minimum atomic E-state index is -0.358. The van der Waals surface area contributed by atoms with Gasteiger partial charge in [-0.1, -0.05) is 30.0 Å². The molecule has 2 aromatic carbocycles. The van der Waals surface area contributed by atoms with Crippen LogP contribution in [-0.2, 0) is 11.3 Å². The predicted octanol–water partition coefficient (Wildman–Crippen LogP) is 4.69. The molecule has 6 nitrogen and oxygen atoms in total. The van der Waals surface area contributed by atoms with E-state index in [1.165, 1.54) is 41.3 Å². The Hall–Kier alpha value is -3.17. The first-order valence-electron chi connectivity index (χ1n) is 9.75. The number of anilines is 1. The van der Waals surface area contributed by atoms with Crippen molar-refractivity contribution in [3.05, 3.63) is 81.2 Å². The van der Waals surface area contributed by atoms with Crippen molar-refractivity contribution in [2.45, 2.75) is 18.6 Å². The monoisotopic (exact) mass is 469 g/mol. The zero-order valence-electron chi connectivity index (χ0n) is 17.4. The van der Waals surface area contributed by atoms with E-state index in [1.807, 2.05) is 29.6 Å². The summed E-state index contributed by atoms with van der Waals surface area (Å²) in [7, 11) is 1.58. The summed E-state index contributed by atoms with van der Waals surface area (Å²) < 4.78 is 20.9. The molecule has 0 aliphatic heterocycles. The van der Waals surface area contributed by atoms with Crippen LogP contribution in [0.25, 0.3) is 10.2 Å². The molecule has 0 atom stereocenters. The van der Waals surface area contributed by atoms with E-state index in [9.17, 15) is 14.0 Å². The summed E-state index contributed by atoms with van der Waals surface area (Å²) in [6.45, 7) is 1.99. The van der Waals surface area contributed by atoms with Crippen molar-refractivity contribution >= 4 is 44.9 Å². The first kappa shape index (κ1) is 22.0. The highest BCUT2D eigenvalue weighted by atomic mass is 32.2. The van der Waals surface area contributed by atoms with Gasteiger partial charge in [0.2, 0.25) is 5.91 Å². The Kier molecular flexibility index (Phi) is 6.57. The van der Waals surface area contributed by atoms with Crippen LogP contribution in [0.2, 0.25) is 0 Å². The topological polar surface area (TPSA) is 73.2 Å². The average Bonchev–Trinajstić information content (AvgIpc) is 3.25. The number of thioether (sulfide) groups is 1. The van der Waals surface area contributed by atoms with E-state index in [1.54, 1.807) is 24.7 Å². The SMILES string of the molecule is COc1ccccc1Cn1c(SCC(=O)Nc2ccc(F)cc2C)nc2ccsc2c1=O. The maximum atomic E-state index is 13.3. The molecule has 4 rings (SSSR count). The third kappa shape index (κ3) is 4.68. The van der Waals surface area contributed by atoms with Gasteiger partial charge in [-0.3, -0.25) is 14.2 Å². The first-order chi connectivity index (χ1) is 15.5. The van der Waals surface area contributed by atoms with Crippen LogP contribution in [0.15, 0.2) is 63.9 Å². The molecule has 0 saturated heterocycles. The molecular formula is C23H20FN3O3S2. The second-order valence-electron chi connectivity index (χ2n) is 7.03. The maximum absolute atomic E-state index is 13.3. The lowest BCUT2D eigenvalue weighted by atomic mass is 10.2. The quantitative estimate of drug-likeness (QED) is 0.314. The Morgan fingerprint density at radius 3 is 2.84 bits per heavy atom. The minimum absolute atomic E-state index is 0.0465. The molecule has 1 amide bonds. The molecule has 1 N–H and O–H groups in total. The van der Waals surface area contributed by atoms with Crippen LogP contribution in [0.1, 0.15) is 11.1 Å². The van der Waals surface area contributed by atoms with Gasteiger partial charge in [-0.25, -0.2) is 9.37 Å². The number of nitrogens with zero attached hydrogens (tertiary/aromatic N) is 2. The lowest BCUT2D eigenvalue weighted by Gasteiger charge is -2.14. The van der Waals surface area contributed by atoms with Crippen molar-refractivity contribution < 1.29 is 13.9 Å². The van der Waals surface area contributed by atoms with Gasteiger partial charge in [0.05, 0.1) is 24.9 Å². The summed E-state index contributed by atoms with van der Waals surface area (Å²) in [6.07, 6.45) is 0. The number of thiophene rings is 1. The highest BCUT2D eigenvalue weighted by Crippen LogP contribution is 2.25. The number of fused-ring (bicyclic) bond motifs is 1. The first-order valence-corrected chi connectivity index (χ1v) is 11.6. The number of para-hydroxylation sites is 1. The Morgan fingerprint density at radius 2 is 2.06 bits per heavy atom. The Balaban J connectivity index is 1.60. The number of nitrogens with one attached hydrogen (secondary N) is 1. The highest BCUT2D eigenvalue weighted by Gasteiger charge is 2.16. The minimum Gasteiger partial charge on any atom is -0.496 e. The fourth-order valence-electron chi connectivity index (χ4n) is 3.26. The predicted molar refractivity (Wildman–Crippen MR) is 126 cm³/mol. The van der Waals surface area contributed by atoms with Gasteiger partial charge >= 0.3 is 0 Å². The molecule has 2 heterocycles. The molecule has 0 bridgehead atoms. The zero-order chi connectivity index (χ0) is 22.7. The molecule has 0 aliphatic rings. The van der Waals surface area contributed by atoms with E-state index >= 15 is 0 Å². The summed E-state index contributed by atoms with van der Waals surface area (Å²) in [5.74, 6) is 0.0908. The van der Waals surface area contributed by atoms with E-state index in [0.717, 1.165) is 5.56 Å². The summed E-state index contributed by atoms with van der Waals surface area (Å²) in [5, 5.41) is 5.05. The fourth-order valence-corrected chi connectivity index (χ4v) is 4.84. The second kappa shape index (κ2) is 9.54. The number of amides is 1. The molecule has 0 fully saturated rings. The molecule has 9 heteroatoms. The van der Waals surface area contributed by atoms with Crippen molar-refractivity contribution in [3.8, 4) is 5.75 Å². The number of ether oxygens (including phenoxy) is 1. The number of hydrogen-bond donors (Lipinski definition) is 1. The smallest absolute Gasteiger partial charge is 0.272 e. The second-order valence-corrected chi connectivity index (χ2v) is 8.89. The van der Waals surface area contributed by atoms with Gasteiger partial charge in [-0.05, 0) is 48.2 Å². The fraction of sp³-hybridized carbons (Fsp3) is 0.174. The Labute approximate surface area is 192 Å². The van der Waals surface area contributed by atoms with Crippen molar-refractivity contribution in [2.24, 2.45) is 0 Å². The van der Waals surface area contributed by atoms with Crippen LogP contribution in [0.3, 0.4) is 0 Å². The summed E-state index contributed by atoms with van der Waals surface area (Å²) in [6, 6.07) is 13.5. The van der Waals surface area contributed by atoms with Gasteiger partial charge in [0.15, 0.2) is 5.16 Å². The molecule has 0 spiro atoms. The van der Waals surface area contributed by atoms with Crippen LogP contribution in [-0.4, -0.2) is 28.3 Å².